The maximum Gasteiger partial charge on any atom is 0.0433 e. The van der Waals surface area contributed by atoms with Crippen molar-refractivity contribution in [1.29, 1.82) is 0 Å². The molecule has 0 aromatic heterocycles. The molecule has 17 heavy (non-hydrogen) atoms. The van der Waals surface area contributed by atoms with Crippen molar-refractivity contribution < 1.29 is 5.11 Å². The molecule has 0 aliphatic heterocycles. The molecule has 3 unspecified atom stereocenters. The van der Waals surface area contributed by atoms with E-state index in [1.54, 1.807) is 0 Å². The second-order valence-corrected chi connectivity index (χ2v) is 7.39. The first-order valence-electron chi connectivity index (χ1n) is 7.36. The zero-order valence-electron chi connectivity index (χ0n) is 12.7. The van der Waals surface area contributed by atoms with Gasteiger partial charge in [-0.15, -0.1) is 0 Å². The van der Waals surface area contributed by atoms with Gasteiger partial charge in [-0.1, -0.05) is 48.0 Å². The van der Waals surface area contributed by atoms with E-state index >= 15 is 0 Å². The Morgan fingerprint density at radius 3 is 2.12 bits per heavy atom. The molecule has 0 aromatic carbocycles. The second-order valence-electron chi connectivity index (χ2n) is 7.39. The first-order chi connectivity index (χ1) is 7.75. The number of aliphatic hydroxyl groups excluding tert-OH is 1. The van der Waals surface area contributed by atoms with E-state index in [0.29, 0.717) is 23.4 Å². The Bertz CT molecular complexity index is 244. The summed E-state index contributed by atoms with van der Waals surface area (Å²) in [5.41, 5.74) is 1.01. The van der Waals surface area contributed by atoms with Gasteiger partial charge < -0.3 is 5.11 Å². The summed E-state index contributed by atoms with van der Waals surface area (Å²) in [6, 6.07) is 0. The van der Waals surface area contributed by atoms with Crippen LogP contribution < -0.4 is 0 Å². The SMILES string of the molecule is CC(CCO)CCC1CC(C)(C(C)C)C1(C)C. The van der Waals surface area contributed by atoms with Crippen LogP contribution in [-0.2, 0) is 0 Å². The monoisotopic (exact) mass is 240 g/mol. The lowest BCUT2D eigenvalue weighted by atomic mass is 9.42. The summed E-state index contributed by atoms with van der Waals surface area (Å²) in [4.78, 5) is 0. The van der Waals surface area contributed by atoms with Gasteiger partial charge in [0.05, 0.1) is 0 Å². The molecule has 0 amide bonds. The van der Waals surface area contributed by atoms with Crippen LogP contribution in [0.4, 0.5) is 0 Å². The first-order valence-corrected chi connectivity index (χ1v) is 7.36. The summed E-state index contributed by atoms with van der Waals surface area (Å²) in [7, 11) is 0. The number of aliphatic hydroxyl groups is 1. The van der Waals surface area contributed by atoms with Gasteiger partial charge in [0, 0.05) is 6.61 Å². The largest absolute Gasteiger partial charge is 0.396 e. The maximum atomic E-state index is 8.93. The van der Waals surface area contributed by atoms with Crippen molar-refractivity contribution in [3.05, 3.63) is 0 Å². The van der Waals surface area contributed by atoms with E-state index in [9.17, 15) is 0 Å². The predicted octanol–water partition coefficient (Wildman–Crippen LogP) is 4.49. The van der Waals surface area contributed by atoms with Gasteiger partial charge in [-0.3, -0.25) is 0 Å². The fourth-order valence-electron chi connectivity index (χ4n) is 3.66. The van der Waals surface area contributed by atoms with E-state index in [2.05, 4.69) is 41.5 Å². The molecule has 0 heterocycles. The standard InChI is InChI=1S/C16H32O/c1-12(2)16(6)11-14(15(16,4)5)8-7-13(3)9-10-17/h12-14,17H,7-11H2,1-6H3. The number of hydrogen-bond acceptors (Lipinski definition) is 1. The topological polar surface area (TPSA) is 20.2 Å². The quantitative estimate of drug-likeness (QED) is 0.725. The van der Waals surface area contributed by atoms with Crippen LogP contribution in [0.5, 0.6) is 0 Å². The van der Waals surface area contributed by atoms with Gasteiger partial charge in [0.1, 0.15) is 0 Å². The van der Waals surface area contributed by atoms with Crippen LogP contribution in [0.15, 0.2) is 0 Å². The average Bonchev–Trinajstić information content (AvgIpc) is 2.23. The van der Waals surface area contributed by atoms with Gasteiger partial charge in [0.2, 0.25) is 0 Å². The molecule has 0 spiro atoms. The van der Waals surface area contributed by atoms with Gasteiger partial charge >= 0.3 is 0 Å². The molecule has 0 bridgehead atoms. The fraction of sp³-hybridized carbons (Fsp3) is 1.00. The molecule has 0 radical (unpaired) electrons. The molecule has 1 nitrogen and oxygen atoms in total. The molecule has 102 valence electrons. The average molecular weight is 240 g/mol. The van der Waals surface area contributed by atoms with Crippen LogP contribution in [0.25, 0.3) is 0 Å². The summed E-state index contributed by atoms with van der Waals surface area (Å²) < 4.78 is 0. The van der Waals surface area contributed by atoms with Crippen molar-refractivity contribution in [1.82, 2.24) is 0 Å². The maximum absolute atomic E-state index is 8.93. The molecule has 1 saturated carbocycles. The molecular formula is C16H32O. The molecule has 1 N–H and O–H groups in total. The highest BCUT2D eigenvalue weighted by Gasteiger charge is 2.57. The first kappa shape index (κ1) is 15.0. The summed E-state index contributed by atoms with van der Waals surface area (Å²) in [5, 5.41) is 8.93. The zero-order chi connectivity index (χ0) is 13.3. The lowest BCUT2D eigenvalue weighted by Crippen LogP contribution is -2.55. The van der Waals surface area contributed by atoms with Crippen LogP contribution in [0.2, 0.25) is 0 Å². The molecule has 0 aromatic rings. The van der Waals surface area contributed by atoms with Crippen molar-refractivity contribution in [2.45, 2.75) is 67.2 Å². The highest BCUT2D eigenvalue weighted by atomic mass is 16.3. The van der Waals surface area contributed by atoms with Gasteiger partial charge in [0.15, 0.2) is 0 Å². The highest BCUT2D eigenvalue weighted by molar-refractivity contribution is 5.06. The molecule has 1 fully saturated rings. The Hall–Kier alpha value is -0.0400. The van der Waals surface area contributed by atoms with Gasteiger partial charge in [-0.2, -0.15) is 0 Å². The number of hydrogen-bond donors (Lipinski definition) is 1. The van der Waals surface area contributed by atoms with E-state index in [1.807, 2.05) is 0 Å². The van der Waals surface area contributed by atoms with E-state index < -0.39 is 0 Å². The fourth-order valence-corrected chi connectivity index (χ4v) is 3.66. The van der Waals surface area contributed by atoms with Crippen LogP contribution in [0.3, 0.4) is 0 Å². The van der Waals surface area contributed by atoms with Crippen molar-refractivity contribution >= 4 is 0 Å². The van der Waals surface area contributed by atoms with Gasteiger partial charge in [-0.25, -0.2) is 0 Å². The normalized spacial score (nSPS) is 33.5. The summed E-state index contributed by atoms with van der Waals surface area (Å²) >= 11 is 0. The van der Waals surface area contributed by atoms with Gasteiger partial charge in [0.25, 0.3) is 0 Å². The minimum Gasteiger partial charge on any atom is -0.396 e. The Labute approximate surface area is 108 Å². The Morgan fingerprint density at radius 2 is 1.71 bits per heavy atom. The smallest absolute Gasteiger partial charge is 0.0433 e. The second kappa shape index (κ2) is 5.30. The third-order valence-electron chi connectivity index (χ3n) is 6.07. The lowest BCUT2D eigenvalue weighted by Gasteiger charge is -2.63. The summed E-state index contributed by atoms with van der Waals surface area (Å²) in [6.07, 6.45) is 4.98. The number of rotatable bonds is 6. The van der Waals surface area contributed by atoms with Crippen molar-refractivity contribution in [2.24, 2.45) is 28.6 Å². The Kier molecular flexibility index (Phi) is 4.68. The Morgan fingerprint density at radius 1 is 1.12 bits per heavy atom. The third kappa shape index (κ3) is 2.70. The van der Waals surface area contributed by atoms with Crippen LogP contribution in [0.1, 0.15) is 67.2 Å². The zero-order valence-corrected chi connectivity index (χ0v) is 12.7. The third-order valence-corrected chi connectivity index (χ3v) is 6.07. The van der Waals surface area contributed by atoms with Crippen LogP contribution in [-0.4, -0.2) is 11.7 Å². The molecule has 3 atom stereocenters. The van der Waals surface area contributed by atoms with Crippen molar-refractivity contribution in [2.75, 3.05) is 6.61 Å². The molecular weight excluding hydrogens is 208 g/mol. The van der Waals surface area contributed by atoms with Crippen LogP contribution >= 0.6 is 0 Å². The minimum atomic E-state index is 0.346. The van der Waals surface area contributed by atoms with E-state index in [-0.39, 0.29) is 0 Å². The van der Waals surface area contributed by atoms with Crippen LogP contribution in [0, 0.1) is 28.6 Å². The predicted molar refractivity (Wildman–Crippen MR) is 74.9 cm³/mol. The molecule has 0 saturated heterocycles. The summed E-state index contributed by atoms with van der Waals surface area (Å²) in [5.74, 6) is 2.35. The summed E-state index contributed by atoms with van der Waals surface area (Å²) in [6.45, 7) is 14.7. The van der Waals surface area contributed by atoms with Crippen molar-refractivity contribution in [3.63, 3.8) is 0 Å². The minimum absolute atomic E-state index is 0.346. The molecule has 1 aliphatic carbocycles. The highest BCUT2D eigenvalue weighted by Crippen LogP contribution is 2.65. The molecule has 1 aliphatic rings. The molecule has 1 heteroatoms. The van der Waals surface area contributed by atoms with Gasteiger partial charge in [-0.05, 0) is 47.8 Å². The van der Waals surface area contributed by atoms with Crippen molar-refractivity contribution in [3.8, 4) is 0 Å². The lowest BCUT2D eigenvalue weighted by molar-refractivity contribution is -0.142. The van der Waals surface area contributed by atoms with E-state index in [1.165, 1.54) is 19.3 Å². The Balaban J connectivity index is 2.45. The van der Waals surface area contributed by atoms with E-state index in [0.717, 1.165) is 18.3 Å². The van der Waals surface area contributed by atoms with E-state index in [4.69, 9.17) is 5.11 Å². The molecule has 1 rings (SSSR count).